The smallest absolute Gasteiger partial charge is 0.338 e. The van der Waals surface area contributed by atoms with Crippen LogP contribution in [0.15, 0.2) is 60.2 Å². The first-order valence-corrected chi connectivity index (χ1v) is 12.0. The molecule has 0 spiro atoms. The summed E-state index contributed by atoms with van der Waals surface area (Å²) >= 11 is 1.79. The van der Waals surface area contributed by atoms with Crippen molar-refractivity contribution in [2.24, 2.45) is 0 Å². The zero-order valence-electron chi connectivity index (χ0n) is 18.7. The van der Waals surface area contributed by atoms with Crippen molar-refractivity contribution >= 4 is 39.1 Å². The second-order valence-electron chi connectivity index (χ2n) is 8.29. The van der Waals surface area contributed by atoms with Crippen LogP contribution < -0.4 is 5.32 Å². The topological polar surface area (TPSA) is 72.1 Å². The van der Waals surface area contributed by atoms with Crippen LogP contribution in [-0.2, 0) is 19.6 Å². The van der Waals surface area contributed by atoms with E-state index in [-0.39, 0.29) is 5.56 Å². The number of nitrogens with one attached hydrogen (secondary N) is 1. The molecule has 2 aromatic carbocycles. The first-order chi connectivity index (χ1) is 16.0. The fourth-order valence-corrected chi connectivity index (χ4v) is 5.25. The molecule has 0 aliphatic heterocycles. The highest BCUT2D eigenvalue weighted by molar-refractivity contribution is 7.13. The standard InChI is InChI=1S/C26H26N4O2S/c1-3-30-23-7-4-18(13-27-8-9-29-15-20(14-28-29)26(31)32)11-22(23)21-6-5-19(12-24(21)30)25-10-17(2)16-33-25/h4-7,10-12,14-16,27H,3,8-9,13H2,1-2H3,(H,31,32). The molecule has 2 N–H and O–H groups in total. The van der Waals surface area contributed by atoms with Crippen LogP contribution in [0.25, 0.3) is 32.2 Å². The number of carboxylic acids is 1. The summed E-state index contributed by atoms with van der Waals surface area (Å²) in [7, 11) is 0. The number of aromatic nitrogens is 3. The Labute approximate surface area is 196 Å². The van der Waals surface area contributed by atoms with E-state index < -0.39 is 5.97 Å². The largest absolute Gasteiger partial charge is 0.478 e. The van der Waals surface area contributed by atoms with E-state index in [2.05, 4.69) is 76.7 Å². The van der Waals surface area contributed by atoms with Crippen LogP contribution >= 0.6 is 11.3 Å². The Bertz CT molecular complexity index is 1460. The summed E-state index contributed by atoms with van der Waals surface area (Å²) in [6.45, 7) is 7.33. The highest BCUT2D eigenvalue weighted by Gasteiger charge is 2.12. The maximum absolute atomic E-state index is 11.0. The molecule has 0 unspecified atom stereocenters. The highest BCUT2D eigenvalue weighted by Crippen LogP contribution is 2.35. The van der Waals surface area contributed by atoms with Crippen molar-refractivity contribution in [1.82, 2.24) is 19.7 Å². The number of hydrogen-bond acceptors (Lipinski definition) is 4. The third-order valence-corrected chi connectivity index (χ3v) is 7.09. The van der Waals surface area contributed by atoms with Crippen molar-refractivity contribution in [2.75, 3.05) is 6.54 Å². The average Bonchev–Trinajstić information content (AvgIpc) is 3.53. The van der Waals surface area contributed by atoms with E-state index in [4.69, 9.17) is 5.11 Å². The van der Waals surface area contributed by atoms with E-state index in [1.165, 1.54) is 49.6 Å². The molecule has 0 atom stereocenters. The molecule has 0 aliphatic carbocycles. The van der Waals surface area contributed by atoms with Crippen LogP contribution in [0.3, 0.4) is 0 Å². The third-order valence-electron chi connectivity index (χ3n) is 5.99. The van der Waals surface area contributed by atoms with Crippen LogP contribution in [0.1, 0.15) is 28.4 Å². The van der Waals surface area contributed by atoms with Gasteiger partial charge in [0.05, 0.1) is 18.3 Å². The molecule has 3 heterocycles. The van der Waals surface area contributed by atoms with Crippen molar-refractivity contribution in [2.45, 2.75) is 33.5 Å². The zero-order chi connectivity index (χ0) is 22.9. The van der Waals surface area contributed by atoms with Gasteiger partial charge in [0.25, 0.3) is 0 Å². The molecule has 0 bridgehead atoms. The van der Waals surface area contributed by atoms with Crippen molar-refractivity contribution in [3.8, 4) is 10.4 Å². The summed E-state index contributed by atoms with van der Waals surface area (Å²) in [5.74, 6) is -0.952. The van der Waals surface area contributed by atoms with E-state index in [0.717, 1.165) is 13.1 Å². The lowest BCUT2D eigenvalue weighted by Gasteiger charge is -2.07. The Morgan fingerprint density at radius 1 is 1.12 bits per heavy atom. The SMILES string of the molecule is CCn1c2ccc(CNCCn3cc(C(=O)O)cn3)cc2c2ccc(-c3cc(C)cs3)cc21. The molecule has 5 aromatic rings. The van der Waals surface area contributed by atoms with E-state index in [0.29, 0.717) is 13.1 Å². The lowest BCUT2D eigenvalue weighted by atomic mass is 10.1. The summed E-state index contributed by atoms with van der Waals surface area (Å²) in [6, 6.07) is 15.7. The second-order valence-corrected chi connectivity index (χ2v) is 9.20. The first kappa shape index (κ1) is 21.4. The predicted molar refractivity (Wildman–Crippen MR) is 134 cm³/mol. The van der Waals surface area contributed by atoms with Crippen LogP contribution in [-0.4, -0.2) is 32.0 Å². The lowest BCUT2D eigenvalue weighted by molar-refractivity contribution is 0.0696. The molecule has 0 saturated carbocycles. The minimum absolute atomic E-state index is 0.213. The number of benzene rings is 2. The molecular weight excluding hydrogens is 432 g/mol. The summed E-state index contributed by atoms with van der Waals surface area (Å²) in [6.07, 6.45) is 2.94. The molecule has 168 valence electrons. The van der Waals surface area contributed by atoms with Crippen molar-refractivity contribution in [3.05, 3.63) is 76.9 Å². The van der Waals surface area contributed by atoms with Gasteiger partial charge in [0.1, 0.15) is 0 Å². The van der Waals surface area contributed by atoms with Gasteiger partial charge in [-0.15, -0.1) is 11.3 Å². The van der Waals surface area contributed by atoms with Gasteiger partial charge >= 0.3 is 5.97 Å². The maximum atomic E-state index is 11.0. The number of rotatable bonds is 8. The second kappa shape index (κ2) is 8.84. The van der Waals surface area contributed by atoms with E-state index >= 15 is 0 Å². The van der Waals surface area contributed by atoms with Gasteiger partial charge in [0.2, 0.25) is 0 Å². The molecule has 33 heavy (non-hydrogen) atoms. The Hall–Kier alpha value is -3.42. The molecule has 3 aromatic heterocycles. The Morgan fingerprint density at radius 2 is 2.00 bits per heavy atom. The molecule has 0 aliphatic rings. The number of aryl methyl sites for hydroxylation is 2. The van der Waals surface area contributed by atoms with Gasteiger partial charge in [0, 0.05) is 52.5 Å². The first-order valence-electron chi connectivity index (χ1n) is 11.1. The normalized spacial score (nSPS) is 11.6. The van der Waals surface area contributed by atoms with E-state index in [1.54, 1.807) is 22.2 Å². The van der Waals surface area contributed by atoms with Crippen molar-refractivity contribution < 1.29 is 9.90 Å². The molecule has 7 heteroatoms. The van der Waals surface area contributed by atoms with E-state index in [1.807, 2.05) is 0 Å². The fourth-order valence-electron chi connectivity index (χ4n) is 4.36. The molecular formula is C26H26N4O2S. The summed E-state index contributed by atoms with van der Waals surface area (Å²) in [4.78, 5) is 12.3. The Balaban J connectivity index is 1.36. The summed E-state index contributed by atoms with van der Waals surface area (Å²) < 4.78 is 4.05. The van der Waals surface area contributed by atoms with Crippen molar-refractivity contribution in [3.63, 3.8) is 0 Å². The molecule has 0 fully saturated rings. The average molecular weight is 459 g/mol. The van der Waals surface area contributed by atoms with Crippen LogP contribution in [0.5, 0.6) is 0 Å². The quantitative estimate of drug-likeness (QED) is 0.300. The highest BCUT2D eigenvalue weighted by atomic mass is 32.1. The molecule has 6 nitrogen and oxygen atoms in total. The van der Waals surface area contributed by atoms with Crippen LogP contribution in [0, 0.1) is 6.92 Å². The van der Waals surface area contributed by atoms with Gasteiger partial charge < -0.3 is 15.0 Å². The molecule has 0 amide bonds. The third kappa shape index (κ3) is 4.17. The van der Waals surface area contributed by atoms with Crippen LogP contribution in [0.4, 0.5) is 0 Å². The maximum Gasteiger partial charge on any atom is 0.338 e. The van der Waals surface area contributed by atoms with Gasteiger partial charge in [-0.3, -0.25) is 4.68 Å². The number of fused-ring (bicyclic) bond motifs is 3. The van der Waals surface area contributed by atoms with Gasteiger partial charge in [-0.05, 0) is 60.2 Å². The molecule has 0 saturated heterocycles. The number of aromatic carboxylic acids is 1. The molecule has 5 rings (SSSR count). The van der Waals surface area contributed by atoms with Crippen molar-refractivity contribution in [1.29, 1.82) is 0 Å². The Kier molecular flexibility index (Phi) is 5.74. The minimum atomic E-state index is -0.952. The predicted octanol–water partition coefficient (Wildman–Crippen LogP) is 5.54. The van der Waals surface area contributed by atoms with Gasteiger partial charge in [-0.1, -0.05) is 18.2 Å². The number of hydrogen-bond donors (Lipinski definition) is 2. The van der Waals surface area contributed by atoms with E-state index in [9.17, 15) is 4.79 Å². The number of carbonyl (C=O) groups is 1. The van der Waals surface area contributed by atoms with Gasteiger partial charge in [0.15, 0.2) is 0 Å². The zero-order valence-corrected chi connectivity index (χ0v) is 19.5. The van der Waals surface area contributed by atoms with Crippen LogP contribution in [0.2, 0.25) is 0 Å². The fraction of sp³-hybridized carbons (Fsp3) is 0.231. The van der Waals surface area contributed by atoms with Gasteiger partial charge in [-0.2, -0.15) is 5.10 Å². The summed E-state index contributed by atoms with van der Waals surface area (Å²) in [5, 5.41) is 21.3. The Morgan fingerprint density at radius 3 is 2.73 bits per heavy atom. The molecule has 0 radical (unpaired) electrons. The number of carboxylic acid groups (broad SMARTS) is 1. The minimum Gasteiger partial charge on any atom is -0.478 e. The number of nitrogens with zero attached hydrogens (tertiary/aromatic N) is 3. The monoisotopic (exact) mass is 458 g/mol. The van der Waals surface area contributed by atoms with Gasteiger partial charge in [-0.25, -0.2) is 4.79 Å². The number of thiophene rings is 1. The summed E-state index contributed by atoms with van der Waals surface area (Å²) in [5.41, 5.74) is 6.54. The lowest BCUT2D eigenvalue weighted by Crippen LogP contribution is -2.19.